The van der Waals surface area contributed by atoms with E-state index in [1.165, 1.54) is 12.8 Å². The van der Waals surface area contributed by atoms with Crippen molar-refractivity contribution < 1.29 is 0 Å². The van der Waals surface area contributed by atoms with Crippen LogP contribution in [0.15, 0.2) is 0 Å². The molecule has 1 atom stereocenters. The lowest BCUT2D eigenvalue weighted by Gasteiger charge is -2.23. The molecule has 0 saturated carbocycles. The zero-order chi connectivity index (χ0) is 8.20. The smallest absolute Gasteiger partial charge is 0.0380 e. The third-order valence-electron chi connectivity index (χ3n) is 1.89. The molecule has 61 valence electrons. The van der Waals surface area contributed by atoms with E-state index in [0.717, 1.165) is 12.3 Å². The van der Waals surface area contributed by atoms with E-state index < -0.39 is 0 Å². The molecule has 0 rings (SSSR count). The highest BCUT2D eigenvalue weighted by molar-refractivity contribution is 4.68. The second-order valence-electron chi connectivity index (χ2n) is 4.33. The lowest BCUT2D eigenvalue weighted by Crippen LogP contribution is -2.11. The van der Waals surface area contributed by atoms with Crippen molar-refractivity contribution in [1.29, 1.82) is 0 Å². The van der Waals surface area contributed by atoms with Crippen LogP contribution in [0.5, 0.6) is 0 Å². The van der Waals surface area contributed by atoms with E-state index in [0.29, 0.717) is 5.41 Å². The van der Waals surface area contributed by atoms with Crippen molar-refractivity contribution in [3.63, 3.8) is 0 Å². The molecule has 0 heteroatoms. The van der Waals surface area contributed by atoms with Crippen LogP contribution in [0, 0.1) is 18.3 Å². The van der Waals surface area contributed by atoms with Crippen molar-refractivity contribution in [2.75, 3.05) is 0 Å². The largest absolute Gasteiger partial charge is 0.0651 e. The van der Waals surface area contributed by atoms with E-state index in [1.54, 1.807) is 0 Å². The Kier molecular flexibility index (Phi) is 4.00. The van der Waals surface area contributed by atoms with Gasteiger partial charge in [0.1, 0.15) is 0 Å². The topological polar surface area (TPSA) is 0 Å². The van der Waals surface area contributed by atoms with Crippen molar-refractivity contribution in [2.45, 2.75) is 47.0 Å². The minimum Gasteiger partial charge on any atom is -0.0651 e. The lowest BCUT2D eigenvalue weighted by atomic mass is 9.82. The van der Waals surface area contributed by atoms with Gasteiger partial charge in [-0.2, -0.15) is 0 Å². The maximum atomic E-state index is 3.94. The predicted molar refractivity (Wildman–Crippen MR) is 47.8 cm³/mol. The molecular formula is C10H21. The Morgan fingerprint density at radius 2 is 1.80 bits per heavy atom. The molecule has 0 heterocycles. The highest BCUT2D eigenvalue weighted by atomic mass is 14.2. The van der Waals surface area contributed by atoms with Crippen LogP contribution in [0.4, 0.5) is 0 Å². The molecular weight excluding hydrogens is 120 g/mol. The first-order valence-corrected chi connectivity index (χ1v) is 4.29. The first-order chi connectivity index (χ1) is 4.49. The Morgan fingerprint density at radius 1 is 1.30 bits per heavy atom. The van der Waals surface area contributed by atoms with Crippen LogP contribution in [0.2, 0.25) is 0 Å². The summed E-state index contributed by atoms with van der Waals surface area (Å²) in [4.78, 5) is 0. The third-order valence-corrected chi connectivity index (χ3v) is 1.89. The normalized spacial score (nSPS) is 12.6. The molecule has 10 heavy (non-hydrogen) atoms. The fourth-order valence-electron chi connectivity index (χ4n) is 1.32. The van der Waals surface area contributed by atoms with Gasteiger partial charge >= 0.3 is 0 Å². The highest BCUT2D eigenvalue weighted by Crippen LogP contribution is 2.27. The maximum absolute atomic E-state index is 3.94. The van der Waals surface area contributed by atoms with Crippen LogP contribution in [-0.2, 0) is 0 Å². The first-order valence-electron chi connectivity index (χ1n) is 4.29. The monoisotopic (exact) mass is 141 g/mol. The van der Waals surface area contributed by atoms with Gasteiger partial charge in [0.25, 0.3) is 0 Å². The van der Waals surface area contributed by atoms with Gasteiger partial charge in [-0.05, 0) is 17.8 Å². The summed E-state index contributed by atoms with van der Waals surface area (Å²) in [5, 5.41) is 0. The summed E-state index contributed by atoms with van der Waals surface area (Å²) >= 11 is 0. The lowest BCUT2D eigenvalue weighted by molar-refractivity contribution is 0.288. The molecule has 1 radical (unpaired) electrons. The number of hydrogen-bond acceptors (Lipinski definition) is 0. The van der Waals surface area contributed by atoms with E-state index >= 15 is 0 Å². The van der Waals surface area contributed by atoms with Crippen LogP contribution in [0.3, 0.4) is 0 Å². The summed E-state index contributed by atoms with van der Waals surface area (Å²) in [5.74, 6) is 0.833. The molecule has 0 aromatic rings. The zero-order valence-corrected chi connectivity index (χ0v) is 7.91. The summed E-state index contributed by atoms with van der Waals surface area (Å²) in [6.45, 7) is 13.1. The molecule has 0 aliphatic carbocycles. The predicted octanol–water partition coefficient (Wildman–Crippen LogP) is 3.67. The Bertz CT molecular complexity index is 72.5. The molecule has 1 unspecified atom stereocenters. The summed E-state index contributed by atoms with van der Waals surface area (Å²) in [6, 6.07) is 0. The Labute approximate surface area is 66.0 Å². The molecule has 0 nitrogen and oxygen atoms in total. The minimum absolute atomic E-state index is 0.484. The van der Waals surface area contributed by atoms with Crippen molar-refractivity contribution in [2.24, 2.45) is 11.3 Å². The number of hydrogen-bond donors (Lipinski definition) is 0. The molecule has 0 fully saturated rings. The van der Waals surface area contributed by atoms with E-state index in [4.69, 9.17) is 0 Å². The van der Waals surface area contributed by atoms with Crippen LogP contribution >= 0.6 is 0 Å². The average molecular weight is 141 g/mol. The quantitative estimate of drug-likeness (QED) is 0.562. The summed E-state index contributed by atoms with van der Waals surface area (Å²) in [6.07, 6.45) is 3.68. The highest BCUT2D eigenvalue weighted by Gasteiger charge is 2.15. The van der Waals surface area contributed by atoms with Gasteiger partial charge in [-0.25, -0.2) is 0 Å². The standard InChI is InChI=1S/C10H21/c1-6-9(7-2)8-10(3,4)5/h9H,1,6-8H2,2-5H3. The van der Waals surface area contributed by atoms with Gasteiger partial charge in [-0.1, -0.05) is 47.5 Å². The first kappa shape index (κ1) is 10.0. The number of rotatable bonds is 3. The molecule has 0 N–H and O–H groups in total. The second-order valence-corrected chi connectivity index (χ2v) is 4.33. The van der Waals surface area contributed by atoms with Crippen LogP contribution < -0.4 is 0 Å². The summed E-state index contributed by atoms with van der Waals surface area (Å²) in [7, 11) is 0. The Hall–Kier alpha value is 0. The molecule has 0 amide bonds. The van der Waals surface area contributed by atoms with Crippen molar-refractivity contribution in [1.82, 2.24) is 0 Å². The molecule has 0 aliphatic rings. The van der Waals surface area contributed by atoms with Crippen LogP contribution in [0.1, 0.15) is 47.0 Å². The zero-order valence-electron chi connectivity index (χ0n) is 7.91. The molecule has 0 aromatic heterocycles. The molecule has 0 aliphatic heterocycles. The van der Waals surface area contributed by atoms with Gasteiger partial charge < -0.3 is 0 Å². The van der Waals surface area contributed by atoms with Gasteiger partial charge in [0.15, 0.2) is 0 Å². The van der Waals surface area contributed by atoms with E-state index in [1.807, 2.05) is 0 Å². The van der Waals surface area contributed by atoms with Crippen molar-refractivity contribution in [3.8, 4) is 0 Å². The van der Waals surface area contributed by atoms with Crippen LogP contribution in [-0.4, -0.2) is 0 Å². The second kappa shape index (κ2) is 4.00. The average Bonchev–Trinajstić information content (AvgIpc) is 1.81. The van der Waals surface area contributed by atoms with Gasteiger partial charge in [-0.3, -0.25) is 0 Å². The van der Waals surface area contributed by atoms with Crippen molar-refractivity contribution in [3.05, 3.63) is 6.92 Å². The van der Waals surface area contributed by atoms with Gasteiger partial charge in [0.2, 0.25) is 0 Å². The Balaban J connectivity index is 3.63. The van der Waals surface area contributed by atoms with Gasteiger partial charge in [0, 0.05) is 0 Å². The molecule has 0 bridgehead atoms. The van der Waals surface area contributed by atoms with Crippen molar-refractivity contribution >= 4 is 0 Å². The molecule has 0 saturated heterocycles. The van der Waals surface area contributed by atoms with E-state index in [-0.39, 0.29) is 0 Å². The van der Waals surface area contributed by atoms with Gasteiger partial charge in [0.05, 0.1) is 0 Å². The third kappa shape index (κ3) is 4.84. The SMILES string of the molecule is [CH2]CC(CC)CC(C)(C)C. The molecule has 0 aromatic carbocycles. The maximum Gasteiger partial charge on any atom is -0.0380 e. The summed E-state index contributed by atoms with van der Waals surface area (Å²) in [5.41, 5.74) is 0.484. The van der Waals surface area contributed by atoms with E-state index in [2.05, 4.69) is 34.6 Å². The fourth-order valence-corrected chi connectivity index (χ4v) is 1.32. The summed E-state index contributed by atoms with van der Waals surface area (Å²) < 4.78 is 0. The van der Waals surface area contributed by atoms with E-state index in [9.17, 15) is 0 Å². The fraction of sp³-hybridized carbons (Fsp3) is 0.900. The van der Waals surface area contributed by atoms with Crippen LogP contribution in [0.25, 0.3) is 0 Å². The minimum atomic E-state index is 0.484. The molecule has 0 spiro atoms. The Morgan fingerprint density at radius 3 is 1.90 bits per heavy atom. The van der Waals surface area contributed by atoms with Gasteiger partial charge in [-0.15, -0.1) is 0 Å².